The molecule has 1 aromatic rings. The van der Waals surface area contributed by atoms with Crippen LogP contribution in [0.1, 0.15) is 39.7 Å². The van der Waals surface area contributed by atoms with Gasteiger partial charge in [-0.25, -0.2) is 0 Å². The van der Waals surface area contributed by atoms with E-state index in [1.807, 2.05) is 0 Å². The Bertz CT molecular complexity index is 394. The van der Waals surface area contributed by atoms with Crippen LogP contribution in [0.4, 0.5) is 0 Å². The number of ether oxygens (including phenoxy) is 1. The molecule has 1 aliphatic rings. The predicted molar refractivity (Wildman–Crippen MR) is 76.2 cm³/mol. The van der Waals surface area contributed by atoms with Crippen LogP contribution in [0.5, 0.6) is 5.75 Å². The molecule has 100 valence electrons. The van der Waals surface area contributed by atoms with E-state index in [0.29, 0.717) is 12.0 Å². The molecule has 1 fully saturated rings. The first-order chi connectivity index (χ1) is 8.48. The smallest absolute Gasteiger partial charge is 0.123 e. The van der Waals surface area contributed by atoms with Gasteiger partial charge in [0.25, 0.3) is 0 Å². The minimum Gasteiger partial charge on any atom is -0.490 e. The lowest BCUT2D eigenvalue weighted by molar-refractivity contribution is 0.109. The number of rotatable bonds is 2. The molecule has 0 bridgehead atoms. The highest BCUT2D eigenvalue weighted by molar-refractivity contribution is 5.38. The molecule has 2 atom stereocenters. The third-order valence-corrected chi connectivity index (χ3v) is 3.68. The van der Waals surface area contributed by atoms with Crippen LogP contribution in [0.3, 0.4) is 0 Å². The van der Waals surface area contributed by atoms with Gasteiger partial charge >= 0.3 is 0 Å². The second-order valence-electron chi connectivity index (χ2n) is 6.37. The Labute approximate surface area is 111 Å². The fourth-order valence-electron chi connectivity index (χ4n) is 2.52. The number of nitrogens with one attached hydrogen (secondary N) is 1. The highest BCUT2D eigenvalue weighted by Gasteiger charge is 2.25. The average Bonchev–Trinajstić information content (AvgIpc) is 2.31. The molecule has 1 aromatic carbocycles. The van der Waals surface area contributed by atoms with Gasteiger partial charge in [0.15, 0.2) is 0 Å². The van der Waals surface area contributed by atoms with Gasteiger partial charge < -0.3 is 10.1 Å². The second-order valence-corrected chi connectivity index (χ2v) is 6.37. The highest BCUT2D eigenvalue weighted by atomic mass is 16.5. The standard InChI is InChI=1S/C16H25NO/c1-12-11-17-10-9-14(12)18-15-8-6-5-7-13(15)16(2,3)4/h5-8,12,14,17H,9-11H2,1-4H3. The van der Waals surface area contributed by atoms with Crippen LogP contribution in [0.25, 0.3) is 0 Å². The van der Waals surface area contributed by atoms with E-state index in [9.17, 15) is 0 Å². The zero-order chi connectivity index (χ0) is 13.2. The molecule has 2 rings (SSSR count). The third-order valence-electron chi connectivity index (χ3n) is 3.68. The van der Waals surface area contributed by atoms with E-state index in [1.54, 1.807) is 0 Å². The topological polar surface area (TPSA) is 21.3 Å². The number of hydrogen-bond acceptors (Lipinski definition) is 2. The molecule has 0 aliphatic carbocycles. The summed E-state index contributed by atoms with van der Waals surface area (Å²) in [6, 6.07) is 8.45. The van der Waals surface area contributed by atoms with Gasteiger partial charge in [-0.2, -0.15) is 0 Å². The van der Waals surface area contributed by atoms with E-state index in [4.69, 9.17) is 4.74 Å². The van der Waals surface area contributed by atoms with Crippen LogP contribution in [0, 0.1) is 5.92 Å². The lowest BCUT2D eigenvalue weighted by Crippen LogP contribution is -2.41. The minimum absolute atomic E-state index is 0.132. The molecule has 18 heavy (non-hydrogen) atoms. The van der Waals surface area contributed by atoms with Crippen molar-refractivity contribution in [1.29, 1.82) is 0 Å². The van der Waals surface area contributed by atoms with Gasteiger partial charge in [-0.15, -0.1) is 0 Å². The summed E-state index contributed by atoms with van der Waals surface area (Å²) in [5, 5.41) is 3.42. The summed E-state index contributed by atoms with van der Waals surface area (Å²) in [5.41, 5.74) is 1.43. The van der Waals surface area contributed by atoms with E-state index in [2.05, 4.69) is 57.3 Å². The summed E-state index contributed by atoms with van der Waals surface area (Å²) in [7, 11) is 0. The van der Waals surface area contributed by atoms with Crippen molar-refractivity contribution < 1.29 is 4.74 Å². The quantitative estimate of drug-likeness (QED) is 0.865. The molecule has 2 nitrogen and oxygen atoms in total. The van der Waals surface area contributed by atoms with E-state index >= 15 is 0 Å². The summed E-state index contributed by atoms with van der Waals surface area (Å²) in [5.74, 6) is 1.63. The van der Waals surface area contributed by atoms with E-state index in [-0.39, 0.29) is 5.41 Å². The molecule has 1 saturated heterocycles. The molecule has 0 aromatic heterocycles. The molecule has 0 amide bonds. The normalized spacial score (nSPS) is 24.9. The molecule has 0 radical (unpaired) electrons. The molecule has 0 saturated carbocycles. The van der Waals surface area contributed by atoms with Crippen LogP contribution in [0.2, 0.25) is 0 Å². The molecule has 2 heteroatoms. The zero-order valence-electron chi connectivity index (χ0n) is 12.0. The summed E-state index contributed by atoms with van der Waals surface area (Å²) < 4.78 is 6.29. The predicted octanol–water partition coefficient (Wildman–Crippen LogP) is 3.36. The largest absolute Gasteiger partial charge is 0.490 e. The lowest BCUT2D eigenvalue weighted by atomic mass is 9.86. The van der Waals surface area contributed by atoms with Crippen molar-refractivity contribution in [3.05, 3.63) is 29.8 Å². The molecule has 0 spiro atoms. The first-order valence-corrected chi connectivity index (χ1v) is 6.95. The van der Waals surface area contributed by atoms with Gasteiger partial charge in [0.2, 0.25) is 0 Å². The molecular formula is C16H25NO. The Balaban J connectivity index is 2.18. The molecule has 2 unspecified atom stereocenters. The van der Waals surface area contributed by atoms with Crippen molar-refractivity contribution in [1.82, 2.24) is 5.32 Å². The number of para-hydroxylation sites is 1. The van der Waals surface area contributed by atoms with Crippen LogP contribution in [0.15, 0.2) is 24.3 Å². The van der Waals surface area contributed by atoms with Crippen LogP contribution in [-0.4, -0.2) is 19.2 Å². The van der Waals surface area contributed by atoms with Gasteiger partial charge in [-0.3, -0.25) is 0 Å². The van der Waals surface area contributed by atoms with Crippen LogP contribution >= 0.6 is 0 Å². The molecule has 1 N–H and O–H groups in total. The first kappa shape index (κ1) is 13.4. The maximum atomic E-state index is 6.29. The Hall–Kier alpha value is -1.02. The van der Waals surface area contributed by atoms with Crippen LogP contribution < -0.4 is 10.1 Å². The van der Waals surface area contributed by atoms with Crippen molar-refractivity contribution in [2.75, 3.05) is 13.1 Å². The first-order valence-electron chi connectivity index (χ1n) is 6.95. The maximum absolute atomic E-state index is 6.29. The maximum Gasteiger partial charge on any atom is 0.123 e. The minimum atomic E-state index is 0.132. The number of piperidine rings is 1. The van der Waals surface area contributed by atoms with Crippen molar-refractivity contribution in [3.63, 3.8) is 0 Å². The van der Waals surface area contributed by atoms with Crippen molar-refractivity contribution in [2.24, 2.45) is 5.92 Å². The summed E-state index contributed by atoms with van der Waals surface area (Å²) >= 11 is 0. The molecular weight excluding hydrogens is 222 g/mol. The fourth-order valence-corrected chi connectivity index (χ4v) is 2.52. The SMILES string of the molecule is CC1CNCCC1Oc1ccccc1C(C)(C)C. The third kappa shape index (κ3) is 3.05. The van der Waals surface area contributed by atoms with Gasteiger partial charge in [-0.05, 0) is 30.0 Å². The summed E-state index contributed by atoms with van der Waals surface area (Å²) in [4.78, 5) is 0. The summed E-state index contributed by atoms with van der Waals surface area (Å²) in [6.07, 6.45) is 1.44. The van der Waals surface area contributed by atoms with Crippen molar-refractivity contribution in [2.45, 2.75) is 45.6 Å². The van der Waals surface area contributed by atoms with E-state index in [0.717, 1.165) is 25.3 Å². The molecule has 1 heterocycles. The molecule has 1 aliphatic heterocycles. The van der Waals surface area contributed by atoms with Gasteiger partial charge in [0, 0.05) is 12.5 Å². The fraction of sp³-hybridized carbons (Fsp3) is 0.625. The zero-order valence-corrected chi connectivity index (χ0v) is 12.0. The summed E-state index contributed by atoms with van der Waals surface area (Å²) in [6.45, 7) is 11.1. The van der Waals surface area contributed by atoms with Crippen molar-refractivity contribution in [3.8, 4) is 5.75 Å². The Morgan fingerprint density at radius 2 is 1.94 bits per heavy atom. The second kappa shape index (κ2) is 5.31. The Kier molecular flexibility index (Phi) is 3.96. The Morgan fingerprint density at radius 1 is 1.22 bits per heavy atom. The van der Waals surface area contributed by atoms with Gasteiger partial charge in [-0.1, -0.05) is 45.9 Å². The lowest BCUT2D eigenvalue weighted by Gasteiger charge is -2.32. The Morgan fingerprint density at radius 3 is 2.61 bits per heavy atom. The highest BCUT2D eigenvalue weighted by Crippen LogP contribution is 2.32. The van der Waals surface area contributed by atoms with Crippen LogP contribution in [-0.2, 0) is 5.41 Å². The van der Waals surface area contributed by atoms with Crippen molar-refractivity contribution >= 4 is 0 Å². The number of benzene rings is 1. The number of hydrogen-bond donors (Lipinski definition) is 1. The van der Waals surface area contributed by atoms with E-state index in [1.165, 1.54) is 5.56 Å². The monoisotopic (exact) mass is 247 g/mol. The average molecular weight is 247 g/mol. The van der Waals surface area contributed by atoms with Gasteiger partial charge in [0.1, 0.15) is 11.9 Å². The van der Waals surface area contributed by atoms with E-state index < -0.39 is 0 Å². The van der Waals surface area contributed by atoms with Gasteiger partial charge in [0.05, 0.1) is 0 Å².